The molecule has 0 unspecified atom stereocenters. The van der Waals surface area contributed by atoms with Crippen molar-refractivity contribution in [2.45, 2.75) is 20.5 Å². The lowest BCUT2D eigenvalue weighted by molar-refractivity contribution is -0.123. The highest BCUT2D eigenvalue weighted by atomic mass is 16.5. The average molecular weight is 384 g/mol. The Morgan fingerprint density at radius 1 is 0.964 bits per heavy atom. The van der Waals surface area contributed by atoms with E-state index in [-0.39, 0.29) is 12.5 Å². The van der Waals surface area contributed by atoms with Gasteiger partial charge in [0.05, 0.1) is 5.56 Å². The van der Waals surface area contributed by atoms with Crippen LogP contribution in [-0.2, 0) is 16.1 Å². The molecular formula is C21H24N2O5. The van der Waals surface area contributed by atoms with Crippen molar-refractivity contribution in [2.24, 2.45) is 5.92 Å². The number of hydrogen-bond acceptors (Lipinski definition) is 5. The van der Waals surface area contributed by atoms with Gasteiger partial charge in [-0.25, -0.2) is 9.59 Å². The summed E-state index contributed by atoms with van der Waals surface area (Å²) in [5, 5.41) is 4.66. The Hall–Kier alpha value is -3.35. The maximum atomic E-state index is 12.3. The van der Waals surface area contributed by atoms with Crippen LogP contribution in [-0.4, -0.2) is 31.1 Å². The van der Waals surface area contributed by atoms with Crippen molar-refractivity contribution in [3.05, 3.63) is 65.7 Å². The topological polar surface area (TPSA) is 93.7 Å². The lowest BCUT2D eigenvalue weighted by atomic mass is 10.1. The molecule has 0 heterocycles. The molecule has 2 rings (SSSR count). The number of amides is 3. The van der Waals surface area contributed by atoms with E-state index in [9.17, 15) is 14.4 Å². The van der Waals surface area contributed by atoms with E-state index >= 15 is 0 Å². The molecule has 0 aliphatic carbocycles. The molecule has 2 N–H and O–H groups in total. The molecule has 0 aromatic heterocycles. The molecule has 7 nitrogen and oxygen atoms in total. The van der Waals surface area contributed by atoms with Crippen LogP contribution in [0.15, 0.2) is 54.6 Å². The Bertz CT molecular complexity index is 805. The molecule has 3 amide bonds. The molecule has 0 fully saturated rings. The Kier molecular flexibility index (Phi) is 8.02. The van der Waals surface area contributed by atoms with Gasteiger partial charge >= 0.3 is 12.0 Å². The molecule has 0 bridgehead atoms. The summed E-state index contributed by atoms with van der Waals surface area (Å²) >= 11 is 0. The van der Waals surface area contributed by atoms with Crippen LogP contribution in [0, 0.1) is 5.92 Å². The van der Waals surface area contributed by atoms with E-state index in [1.165, 1.54) is 0 Å². The molecule has 0 radical (unpaired) electrons. The smallest absolute Gasteiger partial charge is 0.339 e. The number of benzene rings is 2. The van der Waals surface area contributed by atoms with Gasteiger partial charge in [-0.2, -0.15) is 0 Å². The monoisotopic (exact) mass is 384 g/mol. The van der Waals surface area contributed by atoms with Gasteiger partial charge in [0.25, 0.3) is 5.91 Å². The minimum Gasteiger partial charge on any atom is -0.489 e. The van der Waals surface area contributed by atoms with Crippen LogP contribution in [0.5, 0.6) is 5.75 Å². The number of para-hydroxylation sites is 1. The summed E-state index contributed by atoms with van der Waals surface area (Å²) in [5.41, 5.74) is 0.932. The van der Waals surface area contributed by atoms with Crippen molar-refractivity contribution in [1.29, 1.82) is 0 Å². The highest BCUT2D eigenvalue weighted by Gasteiger charge is 2.16. The van der Waals surface area contributed by atoms with Crippen molar-refractivity contribution in [3.63, 3.8) is 0 Å². The SMILES string of the molecule is CC(C)CNC(=O)NC(=O)COC(=O)c1ccccc1COc1ccccc1. The van der Waals surface area contributed by atoms with E-state index < -0.39 is 24.5 Å². The van der Waals surface area contributed by atoms with Crippen LogP contribution in [0.4, 0.5) is 4.79 Å². The Morgan fingerprint density at radius 3 is 2.36 bits per heavy atom. The van der Waals surface area contributed by atoms with Crippen molar-refractivity contribution in [1.82, 2.24) is 10.6 Å². The minimum atomic E-state index is -0.701. The van der Waals surface area contributed by atoms with E-state index in [2.05, 4.69) is 10.6 Å². The van der Waals surface area contributed by atoms with Gasteiger partial charge < -0.3 is 14.8 Å². The first-order valence-corrected chi connectivity index (χ1v) is 8.96. The van der Waals surface area contributed by atoms with Crippen LogP contribution < -0.4 is 15.4 Å². The summed E-state index contributed by atoms with van der Waals surface area (Å²) in [4.78, 5) is 35.6. The summed E-state index contributed by atoms with van der Waals surface area (Å²) in [6.45, 7) is 3.93. The summed E-state index contributed by atoms with van der Waals surface area (Å²) < 4.78 is 10.7. The highest BCUT2D eigenvalue weighted by molar-refractivity contribution is 5.97. The second-order valence-electron chi connectivity index (χ2n) is 6.49. The average Bonchev–Trinajstić information content (AvgIpc) is 2.70. The molecule has 28 heavy (non-hydrogen) atoms. The lowest BCUT2D eigenvalue weighted by Gasteiger charge is -2.11. The molecule has 2 aromatic carbocycles. The van der Waals surface area contributed by atoms with Gasteiger partial charge in [0.2, 0.25) is 0 Å². The van der Waals surface area contributed by atoms with Crippen molar-refractivity contribution < 1.29 is 23.9 Å². The fraction of sp³-hybridized carbons (Fsp3) is 0.286. The van der Waals surface area contributed by atoms with Gasteiger partial charge in [-0.3, -0.25) is 10.1 Å². The van der Waals surface area contributed by atoms with Gasteiger partial charge in [0.15, 0.2) is 6.61 Å². The Labute approximate surface area is 164 Å². The van der Waals surface area contributed by atoms with Gasteiger partial charge in [0, 0.05) is 12.1 Å². The molecule has 0 aliphatic rings. The molecule has 0 spiro atoms. The zero-order chi connectivity index (χ0) is 20.4. The quantitative estimate of drug-likeness (QED) is 0.683. The number of urea groups is 1. The first-order chi connectivity index (χ1) is 13.5. The second-order valence-corrected chi connectivity index (χ2v) is 6.49. The van der Waals surface area contributed by atoms with Gasteiger partial charge in [0.1, 0.15) is 12.4 Å². The maximum absolute atomic E-state index is 12.3. The third-order valence-corrected chi connectivity index (χ3v) is 3.63. The number of carbonyl (C=O) groups is 3. The number of nitrogens with one attached hydrogen (secondary N) is 2. The number of imide groups is 1. The van der Waals surface area contributed by atoms with E-state index in [0.29, 0.717) is 23.4 Å². The Morgan fingerprint density at radius 2 is 1.64 bits per heavy atom. The molecule has 2 aromatic rings. The second kappa shape index (κ2) is 10.7. The number of hydrogen-bond donors (Lipinski definition) is 2. The number of carbonyl (C=O) groups excluding carboxylic acids is 3. The van der Waals surface area contributed by atoms with Crippen molar-refractivity contribution in [2.75, 3.05) is 13.2 Å². The van der Waals surface area contributed by atoms with E-state index in [1.807, 2.05) is 44.2 Å². The van der Waals surface area contributed by atoms with Crippen LogP contribution in [0.3, 0.4) is 0 Å². The van der Waals surface area contributed by atoms with Gasteiger partial charge in [-0.15, -0.1) is 0 Å². The van der Waals surface area contributed by atoms with Gasteiger partial charge in [-0.1, -0.05) is 50.2 Å². The van der Waals surface area contributed by atoms with Crippen LogP contribution in [0.2, 0.25) is 0 Å². The van der Waals surface area contributed by atoms with Crippen molar-refractivity contribution >= 4 is 17.9 Å². The molecule has 148 valence electrons. The molecule has 0 atom stereocenters. The third kappa shape index (κ3) is 7.11. The Balaban J connectivity index is 1.86. The summed E-state index contributed by atoms with van der Waals surface area (Å²) in [5.74, 6) is -0.427. The number of rotatable bonds is 8. The highest BCUT2D eigenvalue weighted by Crippen LogP contribution is 2.15. The van der Waals surface area contributed by atoms with E-state index in [4.69, 9.17) is 9.47 Å². The summed E-state index contributed by atoms with van der Waals surface area (Å²) in [6.07, 6.45) is 0. The van der Waals surface area contributed by atoms with E-state index in [0.717, 1.165) is 0 Å². The third-order valence-electron chi connectivity index (χ3n) is 3.63. The zero-order valence-electron chi connectivity index (χ0n) is 15.9. The summed E-state index contributed by atoms with van der Waals surface area (Å²) in [7, 11) is 0. The molecule has 0 saturated heterocycles. The first kappa shape index (κ1) is 21.0. The van der Waals surface area contributed by atoms with E-state index in [1.54, 1.807) is 24.3 Å². The molecule has 0 aliphatic heterocycles. The fourth-order valence-electron chi connectivity index (χ4n) is 2.24. The molecule has 0 saturated carbocycles. The fourth-order valence-corrected chi connectivity index (χ4v) is 2.24. The first-order valence-electron chi connectivity index (χ1n) is 8.96. The van der Waals surface area contributed by atoms with Crippen LogP contribution in [0.1, 0.15) is 29.8 Å². The number of esters is 1. The largest absolute Gasteiger partial charge is 0.489 e. The lowest BCUT2D eigenvalue weighted by Crippen LogP contribution is -2.42. The predicted molar refractivity (Wildman–Crippen MR) is 104 cm³/mol. The maximum Gasteiger partial charge on any atom is 0.339 e. The van der Waals surface area contributed by atoms with Gasteiger partial charge in [-0.05, 0) is 24.1 Å². The zero-order valence-corrected chi connectivity index (χ0v) is 15.9. The number of ether oxygens (including phenoxy) is 2. The normalized spacial score (nSPS) is 10.2. The molecule has 7 heteroatoms. The minimum absolute atomic E-state index is 0.180. The van der Waals surface area contributed by atoms with Crippen LogP contribution in [0.25, 0.3) is 0 Å². The predicted octanol–water partition coefficient (Wildman–Crippen LogP) is 2.90. The van der Waals surface area contributed by atoms with Crippen LogP contribution >= 0.6 is 0 Å². The van der Waals surface area contributed by atoms with Crippen molar-refractivity contribution in [3.8, 4) is 5.75 Å². The standard InChI is InChI=1S/C21H24N2O5/c1-15(2)12-22-21(26)23-19(24)14-28-20(25)18-11-7-6-8-16(18)13-27-17-9-4-3-5-10-17/h3-11,15H,12-14H2,1-2H3,(H2,22,23,24,26). The summed E-state index contributed by atoms with van der Waals surface area (Å²) in [6, 6.07) is 15.4. The molecular weight excluding hydrogens is 360 g/mol.